The summed E-state index contributed by atoms with van der Waals surface area (Å²) in [5, 5.41) is 2.88. The molecule has 3 aromatic rings. The fraction of sp³-hybridized carbons (Fsp3) is 0.333. The number of nitrogens with one attached hydrogen (secondary N) is 1. The molecular weight excluding hydrogens is 407 g/mol. The van der Waals surface area contributed by atoms with Gasteiger partial charge in [0, 0.05) is 25.3 Å². The number of sulfonamides is 1. The van der Waals surface area contributed by atoms with Gasteiger partial charge in [-0.1, -0.05) is 6.92 Å². The van der Waals surface area contributed by atoms with E-state index in [4.69, 9.17) is 0 Å². The number of carbonyl (C=O) groups excluding carboxylic acids is 1. The maximum absolute atomic E-state index is 13.1. The third kappa shape index (κ3) is 3.95. The fourth-order valence-corrected chi connectivity index (χ4v) is 5.22. The van der Waals surface area contributed by atoms with Gasteiger partial charge in [0.25, 0.3) is 0 Å². The minimum Gasteiger partial charge on any atom is -0.331 e. The summed E-state index contributed by atoms with van der Waals surface area (Å²) < 4.78 is 41.9. The van der Waals surface area contributed by atoms with Crippen LogP contribution in [0.3, 0.4) is 0 Å². The average Bonchev–Trinajstić information content (AvgIpc) is 3.37. The molecule has 0 aliphatic carbocycles. The number of amides is 1. The van der Waals surface area contributed by atoms with E-state index in [0.717, 1.165) is 36.1 Å². The van der Waals surface area contributed by atoms with Crippen LogP contribution in [-0.2, 0) is 21.4 Å². The average molecular weight is 431 g/mol. The molecule has 1 aliphatic heterocycles. The summed E-state index contributed by atoms with van der Waals surface area (Å²) in [5.41, 5.74) is 2.44. The number of anilines is 1. The Morgan fingerprint density at radius 3 is 2.73 bits per heavy atom. The van der Waals surface area contributed by atoms with Crippen LogP contribution >= 0.6 is 0 Å². The van der Waals surface area contributed by atoms with E-state index in [9.17, 15) is 17.6 Å². The van der Waals surface area contributed by atoms with Gasteiger partial charge in [0.05, 0.1) is 28.2 Å². The normalized spacial score (nSPS) is 17.5. The van der Waals surface area contributed by atoms with Crippen LogP contribution in [0.25, 0.3) is 11.0 Å². The van der Waals surface area contributed by atoms with E-state index in [0.29, 0.717) is 12.1 Å². The number of hydrogen-bond donors (Lipinski definition) is 1. The first kappa shape index (κ1) is 20.5. The highest BCUT2D eigenvalue weighted by Crippen LogP contribution is 2.26. The molecule has 1 amide bonds. The molecule has 9 heteroatoms. The summed E-state index contributed by atoms with van der Waals surface area (Å²) in [6.07, 6.45) is 3.22. The lowest BCUT2D eigenvalue weighted by molar-refractivity contribution is -0.119. The Bertz CT molecular complexity index is 1170. The van der Waals surface area contributed by atoms with Gasteiger partial charge in [-0.25, -0.2) is 17.8 Å². The van der Waals surface area contributed by atoms with Gasteiger partial charge in [0.1, 0.15) is 5.82 Å². The van der Waals surface area contributed by atoms with Crippen molar-refractivity contribution in [2.45, 2.75) is 31.2 Å². The van der Waals surface area contributed by atoms with Crippen molar-refractivity contribution < 1.29 is 17.6 Å². The van der Waals surface area contributed by atoms with E-state index in [1.807, 2.05) is 18.2 Å². The number of benzene rings is 2. The number of imidazole rings is 1. The molecule has 0 saturated carbocycles. The number of aromatic nitrogens is 2. The Hall–Kier alpha value is -2.78. The number of aryl methyl sites for hydroxylation is 1. The molecule has 1 atom stereocenters. The number of halogens is 1. The summed E-state index contributed by atoms with van der Waals surface area (Å²) >= 11 is 0. The lowest BCUT2D eigenvalue weighted by atomic mass is 10.1. The smallest absolute Gasteiger partial charge is 0.243 e. The van der Waals surface area contributed by atoms with Crippen molar-refractivity contribution in [3.05, 3.63) is 54.6 Å². The molecule has 1 fully saturated rings. The van der Waals surface area contributed by atoms with Crippen molar-refractivity contribution >= 4 is 32.7 Å². The van der Waals surface area contributed by atoms with Crippen LogP contribution in [0.2, 0.25) is 0 Å². The molecule has 4 rings (SSSR count). The maximum atomic E-state index is 13.1. The van der Waals surface area contributed by atoms with E-state index in [1.165, 1.54) is 16.4 Å². The fourth-order valence-electron chi connectivity index (χ4n) is 3.72. The molecule has 2 aromatic carbocycles. The standard InChI is InChI=1S/C21H23FN4O3S/c1-2-10-25-14-23-19-12-17(5-8-20(19)25)24-21(27)15-9-11-26(13-15)30(28,29)18-6-3-16(22)4-7-18/h3-8,12,14-15H,2,9-11,13H2,1H3,(H,24,27). The maximum Gasteiger partial charge on any atom is 0.243 e. The molecule has 0 bridgehead atoms. The van der Waals surface area contributed by atoms with Crippen molar-refractivity contribution in [1.29, 1.82) is 0 Å². The third-order valence-corrected chi connectivity index (χ3v) is 7.21. The van der Waals surface area contributed by atoms with Crippen LogP contribution in [0, 0.1) is 11.7 Å². The SMILES string of the molecule is CCCn1cnc2cc(NC(=O)C3CCN(S(=O)(=O)c4ccc(F)cc4)C3)ccc21. The zero-order valence-corrected chi connectivity index (χ0v) is 17.4. The first-order chi connectivity index (χ1) is 14.4. The lowest BCUT2D eigenvalue weighted by Crippen LogP contribution is -2.31. The Kier molecular flexibility index (Phi) is 5.57. The Morgan fingerprint density at radius 1 is 1.23 bits per heavy atom. The molecule has 1 aromatic heterocycles. The molecule has 0 spiro atoms. The summed E-state index contributed by atoms with van der Waals surface area (Å²) in [5.74, 6) is -1.17. The first-order valence-corrected chi connectivity index (χ1v) is 11.3. The highest BCUT2D eigenvalue weighted by molar-refractivity contribution is 7.89. The molecule has 1 saturated heterocycles. The number of nitrogens with zero attached hydrogens (tertiary/aromatic N) is 3. The zero-order chi connectivity index (χ0) is 21.3. The quantitative estimate of drug-likeness (QED) is 0.651. The first-order valence-electron chi connectivity index (χ1n) is 9.90. The van der Waals surface area contributed by atoms with E-state index in [1.54, 1.807) is 6.33 Å². The van der Waals surface area contributed by atoms with Gasteiger partial charge in [-0.15, -0.1) is 0 Å². The summed E-state index contributed by atoms with van der Waals surface area (Å²) in [6, 6.07) is 10.3. The largest absolute Gasteiger partial charge is 0.331 e. The second kappa shape index (κ2) is 8.16. The van der Waals surface area contributed by atoms with E-state index >= 15 is 0 Å². The zero-order valence-electron chi connectivity index (χ0n) is 16.6. The summed E-state index contributed by atoms with van der Waals surface area (Å²) in [7, 11) is -3.75. The summed E-state index contributed by atoms with van der Waals surface area (Å²) in [4.78, 5) is 17.1. The van der Waals surface area contributed by atoms with Crippen LogP contribution in [0.4, 0.5) is 10.1 Å². The monoisotopic (exact) mass is 430 g/mol. The van der Waals surface area contributed by atoms with Crippen LogP contribution in [0.1, 0.15) is 19.8 Å². The van der Waals surface area contributed by atoms with E-state index in [2.05, 4.69) is 21.8 Å². The van der Waals surface area contributed by atoms with Crippen molar-refractivity contribution in [1.82, 2.24) is 13.9 Å². The van der Waals surface area contributed by atoms with Gasteiger partial charge in [-0.05, 0) is 55.3 Å². The number of hydrogen-bond acceptors (Lipinski definition) is 4. The number of rotatable bonds is 6. The molecule has 7 nitrogen and oxygen atoms in total. The van der Waals surface area contributed by atoms with Crippen LogP contribution in [0.5, 0.6) is 0 Å². The van der Waals surface area contributed by atoms with Crippen molar-refractivity contribution in [3.8, 4) is 0 Å². The van der Waals surface area contributed by atoms with Gasteiger partial charge in [0.15, 0.2) is 0 Å². The molecule has 2 heterocycles. The Labute approximate surface area is 174 Å². The van der Waals surface area contributed by atoms with Gasteiger partial charge in [-0.2, -0.15) is 4.31 Å². The minimum absolute atomic E-state index is 0.0260. The van der Waals surface area contributed by atoms with Crippen LogP contribution < -0.4 is 5.32 Å². The molecule has 1 aliphatic rings. The van der Waals surface area contributed by atoms with E-state index in [-0.39, 0.29) is 23.9 Å². The second-order valence-corrected chi connectivity index (χ2v) is 9.37. The topological polar surface area (TPSA) is 84.3 Å². The van der Waals surface area contributed by atoms with Gasteiger partial charge < -0.3 is 9.88 Å². The lowest BCUT2D eigenvalue weighted by Gasteiger charge is -2.16. The molecule has 30 heavy (non-hydrogen) atoms. The molecular formula is C21H23FN4O3S. The minimum atomic E-state index is -3.75. The Balaban J connectivity index is 1.43. The van der Waals surface area contributed by atoms with Crippen molar-refractivity contribution in [2.24, 2.45) is 5.92 Å². The van der Waals surface area contributed by atoms with Crippen LogP contribution in [0.15, 0.2) is 53.7 Å². The molecule has 1 N–H and O–H groups in total. The van der Waals surface area contributed by atoms with E-state index < -0.39 is 21.8 Å². The second-order valence-electron chi connectivity index (χ2n) is 7.43. The Morgan fingerprint density at radius 2 is 2.00 bits per heavy atom. The third-order valence-electron chi connectivity index (χ3n) is 5.33. The van der Waals surface area contributed by atoms with Gasteiger partial charge in [0.2, 0.25) is 15.9 Å². The van der Waals surface area contributed by atoms with Gasteiger partial charge in [-0.3, -0.25) is 4.79 Å². The van der Waals surface area contributed by atoms with Crippen LogP contribution in [-0.4, -0.2) is 41.3 Å². The molecule has 1 unspecified atom stereocenters. The van der Waals surface area contributed by atoms with Crippen molar-refractivity contribution in [3.63, 3.8) is 0 Å². The summed E-state index contributed by atoms with van der Waals surface area (Å²) in [6.45, 7) is 3.32. The molecule has 158 valence electrons. The predicted octanol–water partition coefficient (Wildman–Crippen LogP) is 3.23. The molecule has 0 radical (unpaired) electrons. The number of fused-ring (bicyclic) bond motifs is 1. The highest BCUT2D eigenvalue weighted by Gasteiger charge is 2.35. The predicted molar refractivity (Wildman–Crippen MR) is 112 cm³/mol. The highest BCUT2D eigenvalue weighted by atomic mass is 32.2. The van der Waals surface area contributed by atoms with Crippen molar-refractivity contribution in [2.75, 3.05) is 18.4 Å². The number of carbonyl (C=O) groups is 1. The van der Waals surface area contributed by atoms with Gasteiger partial charge >= 0.3 is 0 Å².